The van der Waals surface area contributed by atoms with Crippen LogP contribution in [0.4, 0.5) is 0 Å². The number of carbonyl (C=O) groups excluding carboxylic acids is 1. The lowest BCUT2D eigenvalue weighted by molar-refractivity contribution is 0.0641. The first kappa shape index (κ1) is 14.0. The third kappa shape index (κ3) is 3.55. The molecule has 1 saturated heterocycles. The van der Waals surface area contributed by atoms with Crippen LogP contribution < -0.4 is 5.73 Å². The minimum absolute atomic E-state index is 0.148. The van der Waals surface area contributed by atoms with Crippen LogP contribution in [0, 0.1) is 0 Å². The number of nitrogens with two attached hydrogens (primary N) is 1. The molecule has 0 unspecified atom stereocenters. The van der Waals surface area contributed by atoms with Crippen molar-refractivity contribution in [2.24, 2.45) is 5.73 Å². The van der Waals surface area contributed by atoms with Crippen LogP contribution in [0.15, 0.2) is 24.3 Å². The van der Waals surface area contributed by atoms with Gasteiger partial charge in [-0.1, -0.05) is 19.1 Å². The van der Waals surface area contributed by atoms with Crippen LogP contribution in [0.2, 0.25) is 0 Å². The SMILES string of the molecule is CCc1ccc(C(=O)N2CCN(CCN)CC2)cc1. The Morgan fingerprint density at radius 2 is 1.79 bits per heavy atom. The molecule has 2 rings (SSSR count). The summed E-state index contributed by atoms with van der Waals surface area (Å²) < 4.78 is 0. The van der Waals surface area contributed by atoms with Gasteiger partial charge < -0.3 is 10.6 Å². The largest absolute Gasteiger partial charge is 0.336 e. The van der Waals surface area contributed by atoms with Crippen molar-refractivity contribution in [2.75, 3.05) is 39.3 Å². The van der Waals surface area contributed by atoms with Gasteiger partial charge in [-0.05, 0) is 24.1 Å². The highest BCUT2D eigenvalue weighted by molar-refractivity contribution is 5.94. The molecule has 0 aliphatic carbocycles. The Morgan fingerprint density at radius 3 is 2.32 bits per heavy atom. The second-order valence-corrected chi connectivity index (χ2v) is 4.97. The van der Waals surface area contributed by atoms with E-state index in [9.17, 15) is 4.79 Å². The van der Waals surface area contributed by atoms with Crippen LogP contribution in [-0.2, 0) is 6.42 Å². The lowest BCUT2D eigenvalue weighted by atomic mass is 10.1. The Hall–Kier alpha value is -1.39. The molecule has 2 N–H and O–H groups in total. The summed E-state index contributed by atoms with van der Waals surface area (Å²) in [5, 5.41) is 0. The van der Waals surface area contributed by atoms with Crippen molar-refractivity contribution in [2.45, 2.75) is 13.3 Å². The predicted molar refractivity (Wildman–Crippen MR) is 77.2 cm³/mol. The molecule has 1 aliphatic heterocycles. The van der Waals surface area contributed by atoms with E-state index in [-0.39, 0.29) is 5.91 Å². The highest BCUT2D eigenvalue weighted by Gasteiger charge is 2.21. The quantitative estimate of drug-likeness (QED) is 0.878. The first-order valence-electron chi connectivity index (χ1n) is 7.05. The van der Waals surface area contributed by atoms with Gasteiger partial charge in [-0.25, -0.2) is 0 Å². The van der Waals surface area contributed by atoms with Crippen LogP contribution >= 0.6 is 0 Å². The van der Waals surface area contributed by atoms with Gasteiger partial charge in [0.15, 0.2) is 0 Å². The van der Waals surface area contributed by atoms with Crippen molar-refractivity contribution in [1.29, 1.82) is 0 Å². The van der Waals surface area contributed by atoms with Crippen molar-refractivity contribution in [3.63, 3.8) is 0 Å². The Labute approximate surface area is 115 Å². The van der Waals surface area contributed by atoms with Crippen LogP contribution in [0.25, 0.3) is 0 Å². The molecule has 0 saturated carbocycles. The minimum Gasteiger partial charge on any atom is -0.336 e. The number of piperazine rings is 1. The van der Waals surface area contributed by atoms with Crippen molar-refractivity contribution in [3.8, 4) is 0 Å². The first-order valence-corrected chi connectivity index (χ1v) is 7.05. The molecule has 4 nitrogen and oxygen atoms in total. The zero-order valence-corrected chi connectivity index (χ0v) is 11.6. The van der Waals surface area contributed by atoms with Crippen molar-refractivity contribution < 1.29 is 4.79 Å². The molecule has 0 radical (unpaired) electrons. The van der Waals surface area contributed by atoms with Crippen LogP contribution in [0.1, 0.15) is 22.8 Å². The van der Waals surface area contributed by atoms with E-state index in [1.54, 1.807) is 0 Å². The number of nitrogens with zero attached hydrogens (tertiary/aromatic N) is 2. The summed E-state index contributed by atoms with van der Waals surface area (Å²) in [6.07, 6.45) is 1.01. The van der Waals surface area contributed by atoms with E-state index >= 15 is 0 Å². The van der Waals surface area contributed by atoms with Gasteiger partial charge in [0.25, 0.3) is 5.91 Å². The second-order valence-electron chi connectivity index (χ2n) is 4.97. The second kappa shape index (κ2) is 6.68. The Kier molecular flexibility index (Phi) is 4.93. The smallest absolute Gasteiger partial charge is 0.253 e. The Bertz CT molecular complexity index is 408. The molecule has 1 aromatic rings. The third-order valence-electron chi connectivity index (χ3n) is 3.71. The summed E-state index contributed by atoms with van der Waals surface area (Å²) in [7, 11) is 0. The van der Waals surface area contributed by atoms with Crippen molar-refractivity contribution >= 4 is 5.91 Å². The summed E-state index contributed by atoms with van der Waals surface area (Å²) >= 11 is 0. The molecule has 19 heavy (non-hydrogen) atoms. The lowest BCUT2D eigenvalue weighted by Crippen LogP contribution is -2.49. The summed E-state index contributed by atoms with van der Waals surface area (Å²) in [6.45, 7) is 7.18. The normalized spacial score (nSPS) is 16.6. The molecule has 0 bridgehead atoms. The number of rotatable bonds is 4. The maximum absolute atomic E-state index is 12.3. The van der Waals surface area contributed by atoms with Gasteiger partial charge >= 0.3 is 0 Å². The molecule has 1 heterocycles. The van der Waals surface area contributed by atoms with Gasteiger partial charge in [-0.2, -0.15) is 0 Å². The van der Waals surface area contributed by atoms with E-state index in [0.29, 0.717) is 6.54 Å². The molecule has 1 amide bonds. The molecule has 0 atom stereocenters. The van der Waals surface area contributed by atoms with Gasteiger partial charge in [0.05, 0.1) is 0 Å². The summed E-state index contributed by atoms with van der Waals surface area (Å²) in [6, 6.07) is 7.96. The molecule has 1 aromatic carbocycles. The van der Waals surface area contributed by atoms with Gasteiger partial charge in [0, 0.05) is 44.8 Å². The molecule has 1 fully saturated rings. The maximum atomic E-state index is 12.3. The highest BCUT2D eigenvalue weighted by Crippen LogP contribution is 2.10. The van der Waals surface area contributed by atoms with Gasteiger partial charge in [-0.15, -0.1) is 0 Å². The maximum Gasteiger partial charge on any atom is 0.253 e. The van der Waals surface area contributed by atoms with Crippen LogP contribution in [0.3, 0.4) is 0 Å². The highest BCUT2D eigenvalue weighted by atomic mass is 16.2. The standard InChI is InChI=1S/C15H23N3O/c1-2-13-3-5-14(6-4-13)15(19)18-11-9-17(8-7-16)10-12-18/h3-6H,2,7-12,16H2,1H3. The molecule has 104 valence electrons. The molecule has 1 aliphatic rings. The molecule has 0 aromatic heterocycles. The summed E-state index contributed by atoms with van der Waals surface area (Å²) in [5.74, 6) is 0.148. The topological polar surface area (TPSA) is 49.6 Å². The summed E-state index contributed by atoms with van der Waals surface area (Å²) in [4.78, 5) is 16.6. The first-order chi connectivity index (χ1) is 9.24. The van der Waals surface area contributed by atoms with E-state index in [0.717, 1.165) is 44.7 Å². The summed E-state index contributed by atoms with van der Waals surface area (Å²) in [5.41, 5.74) is 7.61. The average Bonchev–Trinajstić information content (AvgIpc) is 2.48. The predicted octanol–water partition coefficient (Wildman–Crippen LogP) is 0.966. The number of benzene rings is 1. The van der Waals surface area contributed by atoms with E-state index in [2.05, 4.69) is 11.8 Å². The fourth-order valence-electron chi connectivity index (χ4n) is 2.42. The number of aryl methyl sites for hydroxylation is 1. The number of amides is 1. The monoisotopic (exact) mass is 261 g/mol. The van der Waals surface area contributed by atoms with E-state index in [4.69, 9.17) is 5.73 Å². The fraction of sp³-hybridized carbons (Fsp3) is 0.533. The van der Waals surface area contributed by atoms with Gasteiger partial charge in [0.1, 0.15) is 0 Å². The molecule has 0 spiro atoms. The third-order valence-corrected chi connectivity index (χ3v) is 3.71. The van der Waals surface area contributed by atoms with E-state index in [1.807, 2.05) is 29.2 Å². The lowest BCUT2D eigenvalue weighted by Gasteiger charge is -2.34. The van der Waals surface area contributed by atoms with Crippen LogP contribution in [-0.4, -0.2) is 55.0 Å². The number of hydrogen-bond donors (Lipinski definition) is 1. The Morgan fingerprint density at radius 1 is 1.16 bits per heavy atom. The van der Waals surface area contributed by atoms with E-state index in [1.165, 1.54) is 5.56 Å². The fourth-order valence-corrected chi connectivity index (χ4v) is 2.42. The zero-order chi connectivity index (χ0) is 13.7. The molecular formula is C15H23N3O. The van der Waals surface area contributed by atoms with Crippen molar-refractivity contribution in [3.05, 3.63) is 35.4 Å². The van der Waals surface area contributed by atoms with E-state index < -0.39 is 0 Å². The average molecular weight is 261 g/mol. The molecular weight excluding hydrogens is 238 g/mol. The number of carbonyl (C=O) groups is 1. The Balaban J connectivity index is 1.93. The van der Waals surface area contributed by atoms with Crippen molar-refractivity contribution in [1.82, 2.24) is 9.80 Å². The number of hydrogen-bond acceptors (Lipinski definition) is 3. The molecule has 4 heteroatoms. The minimum atomic E-state index is 0.148. The zero-order valence-electron chi connectivity index (χ0n) is 11.6. The van der Waals surface area contributed by atoms with Gasteiger partial charge in [-0.3, -0.25) is 9.69 Å². The van der Waals surface area contributed by atoms with Gasteiger partial charge in [0.2, 0.25) is 0 Å². The van der Waals surface area contributed by atoms with Crippen LogP contribution in [0.5, 0.6) is 0 Å².